The van der Waals surface area contributed by atoms with Crippen molar-refractivity contribution in [2.75, 3.05) is 26.2 Å². The Morgan fingerprint density at radius 2 is 2.00 bits per heavy atom. The van der Waals surface area contributed by atoms with Crippen molar-refractivity contribution in [2.24, 2.45) is 5.73 Å². The lowest BCUT2D eigenvalue weighted by molar-refractivity contribution is -0.138. The summed E-state index contributed by atoms with van der Waals surface area (Å²) in [4.78, 5) is 12.9. The molecule has 2 aliphatic heterocycles. The Balaban J connectivity index is 1.84. The van der Waals surface area contributed by atoms with Crippen LogP contribution in [0.25, 0.3) is 0 Å². The first-order valence-corrected chi connectivity index (χ1v) is 8.90. The fourth-order valence-corrected chi connectivity index (χ4v) is 3.01. The number of hydrogen-bond donors (Lipinski definition) is 4. The molecule has 144 valence electrons. The minimum absolute atomic E-state index is 0.0243. The molecule has 0 spiro atoms. The van der Waals surface area contributed by atoms with Crippen molar-refractivity contribution in [1.29, 1.82) is 5.41 Å². The first-order valence-electron chi connectivity index (χ1n) is 8.90. The van der Waals surface area contributed by atoms with Crippen LogP contribution in [0, 0.1) is 5.41 Å². The Labute approximate surface area is 157 Å². The van der Waals surface area contributed by atoms with Gasteiger partial charge in [0.05, 0.1) is 0 Å². The Morgan fingerprint density at radius 1 is 1.30 bits per heavy atom. The van der Waals surface area contributed by atoms with Crippen LogP contribution in [-0.4, -0.2) is 54.1 Å². The van der Waals surface area contributed by atoms with Crippen LogP contribution >= 0.6 is 0 Å². The van der Waals surface area contributed by atoms with Gasteiger partial charge in [-0.15, -0.1) is 0 Å². The number of nitrogens with two attached hydrogens (primary N) is 1. The summed E-state index contributed by atoms with van der Waals surface area (Å²) in [6.07, 6.45) is 5.53. The summed E-state index contributed by atoms with van der Waals surface area (Å²) in [5, 5.41) is 20.0. The number of rotatable bonds is 7. The Bertz CT molecular complexity index is 751. The smallest absolute Gasteiger partial charge is 0.323 e. The number of piperidine rings is 1. The lowest BCUT2D eigenvalue weighted by Crippen LogP contribution is -2.37. The van der Waals surface area contributed by atoms with Crippen LogP contribution in [-0.2, 0) is 9.53 Å². The predicted octanol–water partition coefficient (Wildman–Crippen LogP) is 1.24. The molecular formula is C19H24N4O4. The van der Waals surface area contributed by atoms with Gasteiger partial charge < -0.3 is 30.5 Å². The number of nitrogens with one attached hydrogen (secondary N) is 2. The zero-order valence-electron chi connectivity index (χ0n) is 15.0. The van der Waals surface area contributed by atoms with Gasteiger partial charge in [-0.3, -0.25) is 10.2 Å². The van der Waals surface area contributed by atoms with E-state index in [1.165, 1.54) is 0 Å². The summed E-state index contributed by atoms with van der Waals surface area (Å²) >= 11 is 0. The summed E-state index contributed by atoms with van der Waals surface area (Å²) < 4.78 is 12.1. The van der Waals surface area contributed by atoms with Crippen LogP contribution in [0.5, 0.6) is 5.75 Å². The number of nitrogens with zero attached hydrogens (tertiary/aromatic N) is 1. The molecule has 0 unspecified atom stereocenters. The van der Waals surface area contributed by atoms with Gasteiger partial charge in [0.1, 0.15) is 24.2 Å². The van der Waals surface area contributed by atoms with Gasteiger partial charge in [-0.25, -0.2) is 0 Å². The van der Waals surface area contributed by atoms with E-state index in [2.05, 4.69) is 5.32 Å². The molecular weight excluding hydrogens is 348 g/mol. The van der Waals surface area contributed by atoms with E-state index < -0.39 is 5.97 Å². The van der Waals surface area contributed by atoms with Gasteiger partial charge in [-0.2, -0.15) is 0 Å². The molecule has 3 rings (SSSR count). The maximum atomic E-state index is 11.3. The van der Waals surface area contributed by atoms with Crippen LogP contribution in [0.2, 0.25) is 0 Å². The van der Waals surface area contributed by atoms with E-state index in [1.54, 1.807) is 29.2 Å². The fraction of sp³-hybridized carbons (Fsp3) is 0.368. The number of ether oxygens (including phenoxy) is 2. The first kappa shape index (κ1) is 18.8. The number of aliphatic carboxylic acids is 1. The zero-order valence-corrected chi connectivity index (χ0v) is 15.0. The summed E-state index contributed by atoms with van der Waals surface area (Å²) in [5.74, 6) is 0.467. The van der Waals surface area contributed by atoms with Crippen molar-refractivity contribution in [3.63, 3.8) is 0 Å². The Morgan fingerprint density at radius 3 is 2.63 bits per heavy atom. The lowest BCUT2D eigenvalue weighted by Gasteiger charge is -2.31. The molecule has 1 fully saturated rings. The number of nitrogen functional groups attached to an aromatic ring is 1. The Kier molecular flexibility index (Phi) is 5.97. The molecule has 0 saturated carbocycles. The maximum absolute atomic E-state index is 11.3. The van der Waals surface area contributed by atoms with E-state index in [9.17, 15) is 9.90 Å². The topological polar surface area (TPSA) is 121 Å². The van der Waals surface area contributed by atoms with Crippen LogP contribution in [0.4, 0.5) is 0 Å². The number of amidine groups is 1. The molecule has 0 amide bonds. The summed E-state index contributed by atoms with van der Waals surface area (Å²) in [6.45, 7) is 2.02. The number of carboxylic acid groups (broad SMARTS) is 1. The molecule has 1 aromatic rings. The quantitative estimate of drug-likeness (QED) is 0.420. The van der Waals surface area contributed by atoms with Gasteiger partial charge >= 0.3 is 5.97 Å². The second-order valence-corrected chi connectivity index (χ2v) is 6.45. The number of allylic oxidation sites excluding steroid dienone is 1. The summed E-state index contributed by atoms with van der Waals surface area (Å²) in [5.41, 5.74) is 6.07. The molecule has 0 bridgehead atoms. The van der Waals surface area contributed by atoms with Crippen LogP contribution in [0.3, 0.4) is 0 Å². The summed E-state index contributed by atoms with van der Waals surface area (Å²) in [6, 6.07) is 6.77. The van der Waals surface area contributed by atoms with Gasteiger partial charge in [0.15, 0.2) is 5.76 Å². The average Bonchev–Trinajstić information content (AvgIpc) is 2.65. The largest absolute Gasteiger partial charge is 0.485 e. The van der Waals surface area contributed by atoms with Crippen molar-refractivity contribution in [3.05, 3.63) is 53.6 Å². The number of carbonyl (C=O) groups is 1. The van der Waals surface area contributed by atoms with Gasteiger partial charge in [-0.05, 0) is 56.3 Å². The molecule has 1 aromatic carbocycles. The number of carboxylic acids is 1. The SMILES string of the molecule is N=C(N)c1ccc(OC2=C(OC3CCNCC3)C=CCN2CC(=O)O)cc1. The van der Waals surface area contributed by atoms with Gasteiger partial charge in [0.2, 0.25) is 5.88 Å². The average molecular weight is 372 g/mol. The van der Waals surface area contributed by atoms with Crippen LogP contribution in [0.1, 0.15) is 18.4 Å². The Hall–Kier alpha value is -3.00. The van der Waals surface area contributed by atoms with Gasteiger partial charge in [0, 0.05) is 12.1 Å². The molecule has 8 heteroatoms. The predicted molar refractivity (Wildman–Crippen MR) is 100 cm³/mol. The van der Waals surface area contributed by atoms with Crippen molar-refractivity contribution in [2.45, 2.75) is 18.9 Å². The normalized spacial score (nSPS) is 17.7. The molecule has 0 aromatic heterocycles. The molecule has 27 heavy (non-hydrogen) atoms. The van der Waals surface area contributed by atoms with Crippen molar-refractivity contribution in [1.82, 2.24) is 10.2 Å². The van der Waals surface area contributed by atoms with Crippen molar-refractivity contribution in [3.8, 4) is 5.75 Å². The number of benzene rings is 1. The van der Waals surface area contributed by atoms with E-state index >= 15 is 0 Å². The first-order chi connectivity index (χ1) is 13.0. The standard InChI is InChI=1S/C19H24N4O4/c20-18(21)13-3-5-14(6-4-13)27-19-16(26-15-7-9-22-10-8-15)2-1-11-23(19)12-17(24)25/h1-6,15,22H,7-12H2,(H3,20,21)(H,24,25). The van der Waals surface area contributed by atoms with E-state index in [-0.39, 0.29) is 18.5 Å². The van der Waals surface area contributed by atoms with Gasteiger partial charge in [0.25, 0.3) is 0 Å². The highest BCUT2D eigenvalue weighted by Crippen LogP contribution is 2.25. The second kappa shape index (κ2) is 8.59. The highest BCUT2D eigenvalue weighted by Gasteiger charge is 2.25. The second-order valence-electron chi connectivity index (χ2n) is 6.45. The highest BCUT2D eigenvalue weighted by molar-refractivity contribution is 5.94. The minimum atomic E-state index is -0.945. The molecule has 2 heterocycles. The lowest BCUT2D eigenvalue weighted by atomic mass is 10.1. The molecule has 2 aliphatic rings. The third-order valence-electron chi connectivity index (χ3n) is 4.38. The van der Waals surface area contributed by atoms with Crippen molar-refractivity contribution < 1.29 is 19.4 Å². The molecule has 0 atom stereocenters. The summed E-state index contributed by atoms with van der Waals surface area (Å²) in [7, 11) is 0. The molecule has 0 radical (unpaired) electrons. The van der Waals surface area contributed by atoms with E-state index in [0.29, 0.717) is 29.5 Å². The van der Waals surface area contributed by atoms with E-state index in [0.717, 1.165) is 25.9 Å². The molecule has 0 aliphatic carbocycles. The van der Waals surface area contributed by atoms with E-state index in [1.807, 2.05) is 12.2 Å². The third-order valence-corrected chi connectivity index (χ3v) is 4.38. The minimum Gasteiger partial charge on any atom is -0.485 e. The van der Waals surface area contributed by atoms with E-state index in [4.69, 9.17) is 20.6 Å². The number of hydrogen-bond acceptors (Lipinski definition) is 6. The highest BCUT2D eigenvalue weighted by atomic mass is 16.5. The van der Waals surface area contributed by atoms with Crippen molar-refractivity contribution >= 4 is 11.8 Å². The fourth-order valence-electron chi connectivity index (χ4n) is 3.01. The van der Waals surface area contributed by atoms with Gasteiger partial charge in [-0.1, -0.05) is 6.08 Å². The molecule has 8 nitrogen and oxygen atoms in total. The maximum Gasteiger partial charge on any atom is 0.323 e. The molecule has 5 N–H and O–H groups in total. The molecule has 1 saturated heterocycles. The third kappa shape index (κ3) is 5.01. The van der Waals surface area contributed by atoms with Crippen LogP contribution < -0.4 is 15.8 Å². The zero-order chi connectivity index (χ0) is 19.2. The van der Waals surface area contributed by atoms with Crippen LogP contribution in [0.15, 0.2) is 48.1 Å². The monoisotopic (exact) mass is 372 g/mol.